The van der Waals surface area contributed by atoms with Crippen molar-refractivity contribution in [2.75, 3.05) is 11.9 Å². The summed E-state index contributed by atoms with van der Waals surface area (Å²) in [6.07, 6.45) is 9.04. The second kappa shape index (κ2) is 11.0. The van der Waals surface area contributed by atoms with E-state index in [0.717, 1.165) is 42.5 Å². The van der Waals surface area contributed by atoms with E-state index in [9.17, 15) is 8.42 Å². The summed E-state index contributed by atoms with van der Waals surface area (Å²) in [6, 6.07) is 11.0. The Bertz CT molecular complexity index is 1490. The van der Waals surface area contributed by atoms with E-state index in [1.54, 1.807) is 19.3 Å². The van der Waals surface area contributed by atoms with Gasteiger partial charge in [-0.25, -0.2) is 9.97 Å². The number of anilines is 1. The summed E-state index contributed by atoms with van der Waals surface area (Å²) < 4.78 is 38.7. The largest absolute Gasteiger partial charge is 0.413 e. The zero-order chi connectivity index (χ0) is 28.7. The molecule has 0 spiro atoms. The van der Waals surface area contributed by atoms with E-state index >= 15 is 0 Å². The normalized spacial score (nSPS) is 23.8. The van der Waals surface area contributed by atoms with Crippen LogP contribution in [0.2, 0.25) is 18.1 Å². The Morgan fingerprint density at radius 3 is 2.67 bits per heavy atom. The molecule has 0 amide bonds. The number of nitrogens with one attached hydrogen (secondary N) is 1. The van der Waals surface area contributed by atoms with Crippen LogP contribution in [0.25, 0.3) is 11.0 Å². The van der Waals surface area contributed by atoms with Gasteiger partial charge in [0.15, 0.2) is 8.32 Å². The second-order valence-corrected chi connectivity index (χ2v) is 18.8. The van der Waals surface area contributed by atoms with Crippen LogP contribution in [0.4, 0.5) is 5.82 Å². The van der Waals surface area contributed by atoms with Crippen LogP contribution < -0.4 is 5.32 Å². The van der Waals surface area contributed by atoms with Crippen molar-refractivity contribution in [3.8, 4) is 0 Å². The van der Waals surface area contributed by atoms with Crippen molar-refractivity contribution in [1.29, 1.82) is 0 Å². The van der Waals surface area contributed by atoms with E-state index in [4.69, 9.17) is 8.61 Å². The van der Waals surface area contributed by atoms with Crippen molar-refractivity contribution < 1.29 is 17.0 Å². The van der Waals surface area contributed by atoms with E-state index in [1.165, 1.54) is 16.5 Å². The third kappa shape index (κ3) is 5.91. The highest BCUT2D eigenvalue weighted by atomic mass is 32.2. The van der Waals surface area contributed by atoms with Crippen molar-refractivity contribution in [3.63, 3.8) is 0 Å². The number of rotatable bonds is 9. The lowest BCUT2D eigenvalue weighted by atomic mass is 10.1. The highest BCUT2D eigenvalue weighted by molar-refractivity contribution is 7.89. The molecule has 2 aliphatic carbocycles. The first-order chi connectivity index (χ1) is 18.9. The third-order valence-corrected chi connectivity index (χ3v) is 14.5. The molecule has 1 aromatic carbocycles. The maximum absolute atomic E-state index is 12.3. The van der Waals surface area contributed by atoms with Crippen LogP contribution in [0, 0.1) is 5.92 Å². The molecule has 1 saturated carbocycles. The number of hydrogen-bond acceptors (Lipinski definition) is 7. The van der Waals surface area contributed by atoms with Crippen LogP contribution in [-0.2, 0) is 25.1 Å². The predicted octanol–water partition coefficient (Wildman–Crippen LogP) is 6.75. The minimum absolute atomic E-state index is 0.0452. The van der Waals surface area contributed by atoms with E-state index in [2.05, 4.69) is 90.2 Å². The summed E-state index contributed by atoms with van der Waals surface area (Å²) in [5.74, 6) is 0.790. The molecule has 2 aromatic heterocycles. The topological polar surface area (TPSA) is 95.3 Å². The van der Waals surface area contributed by atoms with Gasteiger partial charge < -0.3 is 14.3 Å². The molecule has 1 fully saturated rings. The molecule has 0 unspecified atom stereocenters. The van der Waals surface area contributed by atoms with Gasteiger partial charge in [-0.1, -0.05) is 51.1 Å². The van der Waals surface area contributed by atoms with Crippen molar-refractivity contribution in [3.05, 3.63) is 65.5 Å². The molecule has 40 heavy (non-hydrogen) atoms. The van der Waals surface area contributed by atoms with Crippen LogP contribution in [-0.4, -0.2) is 44.0 Å². The maximum atomic E-state index is 12.3. The zero-order valence-corrected chi connectivity index (χ0v) is 26.2. The minimum Gasteiger partial charge on any atom is -0.413 e. The fourth-order valence-electron chi connectivity index (χ4n) is 5.78. The Morgan fingerprint density at radius 1 is 1.15 bits per heavy atom. The summed E-state index contributed by atoms with van der Waals surface area (Å²) in [7, 11) is -5.81. The van der Waals surface area contributed by atoms with Gasteiger partial charge in [0, 0.05) is 18.2 Å². The number of hydrogen-bond donors (Lipinski definition) is 1. The zero-order valence-electron chi connectivity index (χ0n) is 24.4. The summed E-state index contributed by atoms with van der Waals surface area (Å²) in [5.41, 5.74) is 3.62. The quantitative estimate of drug-likeness (QED) is 0.220. The standard InChI is InChI=1S/C30H42N4O4SSi/c1-7-37-39(35,36)17-15-22-18-23(19-27(22)38-40(5,6)30(2,3)4)34-16-14-25-28(31-20-32-29(25)34)33-26-13-12-21-10-8-9-11-24(21)26/h8-11,14-17,20,22-23,26-27H,7,12-13,18-19H2,1-6H3,(H,31,32,33)/b17-15+/t22-,23-,26+,27+/m1/s1. The second-order valence-electron chi connectivity index (χ2n) is 12.6. The molecule has 2 aliphatic rings. The molecule has 2 heterocycles. The number of nitrogens with zero attached hydrogens (tertiary/aromatic N) is 3. The lowest BCUT2D eigenvalue weighted by Crippen LogP contribution is -2.44. The van der Waals surface area contributed by atoms with Crippen molar-refractivity contribution in [2.24, 2.45) is 5.92 Å². The van der Waals surface area contributed by atoms with Gasteiger partial charge in [-0.2, -0.15) is 8.42 Å². The lowest BCUT2D eigenvalue weighted by molar-refractivity contribution is 0.157. The van der Waals surface area contributed by atoms with Gasteiger partial charge in [-0.3, -0.25) is 4.18 Å². The fourth-order valence-corrected chi connectivity index (χ4v) is 7.96. The molecule has 5 rings (SSSR count). The predicted molar refractivity (Wildman–Crippen MR) is 162 cm³/mol. The first kappa shape index (κ1) is 29.0. The highest BCUT2D eigenvalue weighted by Crippen LogP contribution is 2.45. The van der Waals surface area contributed by atoms with Crippen molar-refractivity contribution >= 4 is 35.3 Å². The van der Waals surface area contributed by atoms with E-state index in [0.29, 0.717) is 0 Å². The van der Waals surface area contributed by atoms with E-state index < -0.39 is 18.4 Å². The van der Waals surface area contributed by atoms with E-state index in [-0.39, 0.29) is 35.8 Å². The minimum atomic E-state index is -3.72. The van der Waals surface area contributed by atoms with Gasteiger partial charge in [0.2, 0.25) is 0 Å². The Labute approximate surface area is 239 Å². The number of benzene rings is 1. The first-order valence-corrected chi connectivity index (χ1v) is 18.7. The molecule has 0 saturated heterocycles. The van der Waals surface area contributed by atoms with E-state index in [1.807, 2.05) is 0 Å². The summed E-state index contributed by atoms with van der Waals surface area (Å²) in [5, 5.41) is 5.93. The van der Waals surface area contributed by atoms with Crippen molar-refractivity contribution in [2.45, 2.75) is 89.7 Å². The monoisotopic (exact) mass is 582 g/mol. The average molecular weight is 583 g/mol. The smallest absolute Gasteiger partial charge is 0.289 e. The molecule has 0 bridgehead atoms. The number of fused-ring (bicyclic) bond motifs is 2. The highest BCUT2D eigenvalue weighted by Gasteiger charge is 2.44. The maximum Gasteiger partial charge on any atom is 0.289 e. The van der Waals surface area contributed by atoms with Crippen LogP contribution >= 0.6 is 0 Å². The molecule has 0 radical (unpaired) electrons. The molecule has 1 N–H and O–H groups in total. The molecule has 0 aliphatic heterocycles. The molecular weight excluding hydrogens is 541 g/mol. The van der Waals surface area contributed by atoms with Gasteiger partial charge >= 0.3 is 0 Å². The Balaban J connectivity index is 1.42. The summed E-state index contributed by atoms with van der Waals surface area (Å²) in [4.78, 5) is 9.30. The van der Waals surface area contributed by atoms with Crippen molar-refractivity contribution in [1.82, 2.24) is 14.5 Å². The fraction of sp³-hybridized carbons (Fsp3) is 0.533. The Morgan fingerprint density at radius 2 is 1.93 bits per heavy atom. The molecule has 216 valence electrons. The van der Waals surface area contributed by atoms with Gasteiger partial charge in [0.05, 0.1) is 29.5 Å². The summed E-state index contributed by atoms with van der Waals surface area (Å²) in [6.45, 7) is 13.0. The number of aromatic nitrogens is 3. The molecular formula is C30H42N4O4SSi. The van der Waals surface area contributed by atoms with Gasteiger partial charge in [-0.15, -0.1) is 0 Å². The first-order valence-electron chi connectivity index (χ1n) is 14.3. The van der Waals surface area contributed by atoms with Gasteiger partial charge in [-0.05, 0) is 67.9 Å². The Kier molecular flexibility index (Phi) is 8.00. The molecule has 8 nitrogen and oxygen atoms in total. The number of aryl methyl sites for hydroxylation is 1. The third-order valence-electron chi connectivity index (χ3n) is 8.90. The Hall–Kier alpha value is -2.53. The molecule has 4 atom stereocenters. The molecule has 3 aromatic rings. The van der Waals surface area contributed by atoms with Gasteiger partial charge in [0.1, 0.15) is 17.8 Å². The van der Waals surface area contributed by atoms with Gasteiger partial charge in [0.25, 0.3) is 10.1 Å². The summed E-state index contributed by atoms with van der Waals surface area (Å²) >= 11 is 0. The molecule has 10 heteroatoms. The average Bonchev–Trinajstić information content (AvgIpc) is 3.59. The lowest BCUT2D eigenvalue weighted by Gasteiger charge is -2.39. The van der Waals surface area contributed by atoms with Crippen LogP contribution in [0.15, 0.2) is 54.3 Å². The van der Waals surface area contributed by atoms with Crippen LogP contribution in [0.1, 0.15) is 70.2 Å². The SMILES string of the molecule is CCOS(=O)(=O)/C=C/[C@@H]1C[C@@H](n2ccc3c(N[C@H]4CCc5ccccc54)ncnc32)C[C@@H]1O[Si](C)(C)C(C)(C)C. The van der Waals surface area contributed by atoms with Crippen LogP contribution in [0.5, 0.6) is 0 Å². The van der Waals surface area contributed by atoms with Crippen LogP contribution in [0.3, 0.4) is 0 Å².